The average Bonchev–Trinajstić information content (AvgIpc) is 2.94. The number of aromatic nitrogens is 3. The molecule has 0 aliphatic heterocycles. The SMILES string of the molecule is O=C(O)c1cccc(N=Nc2nc(N=Nc3cccc(C(=O)O)c3)nc(N=Nc3cccc(C(=O)O)c3)n2)c1. The van der Waals surface area contributed by atoms with Crippen LogP contribution in [0.15, 0.2) is 103 Å². The van der Waals surface area contributed by atoms with Crippen molar-refractivity contribution in [2.24, 2.45) is 30.7 Å². The first-order valence-corrected chi connectivity index (χ1v) is 10.8. The molecule has 0 saturated heterocycles. The Kier molecular flexibility index (Phi) is 7.82. The standard InChI is InChI=1S/C24H15N9O6/c34-19(35)13-4-1-7-16(10-13)28-31-22-25-23(32-29-17-8-2-5-14(11-17)20(36)37)27-24(26-22)33-30-18-9-3-6-15(12-18)21(38)39/h1-12H,(H,34,35)(H,36,37)(H,38,39). The quantitative estimate of drug-likeness (QED) is 0.211. The van der Waals surface area contributed by atoms with Crippen molar-refractivity contribution in [2.75, 3.05) is 0 Å². The van der Waals surface area contributed by atoms with Crippen molar-refractivity contribution in [1.82, 2.24) is 15.0 Å². The number of carboxylic acid groups (broad SMARTS) is 3. The van der Waals surface area contributed by atoms with Gasteiger partial charge in [-0.25, -0.2) is 14.4 Å². The molecule has 4 rings (SSSR count). The Morgan fingerprint density at radius 2 is 0.744 bits per heavy atom. The van der Waals surface area contributed by atoms with E-state index in [1.165, 1.54) is 72.8 Å². The number of carbonyl (C=O) groups is 3. The van der Waals surface area contributed by atoms with E-state index in [1.54, 1.807) is 0 Å². The van der Waals surface area contributed by atoms with Gasteiger partial charge in [0.1, 0.15) is 0 Å². The first-order chi connectivity index (χ1) is 18.8. The molecular formula is C24H15N9O6. The van der Waals surface area contributed by atoms with Crippen LogP contribution in [0.3, 0.4) is 0 Å². The summed E-state index contributed by atoms with van der Waals surface area (Å²) < 4.78 is 0. The minimum absolute atomic E-state index is 0.00161. The van der Waals surface area contributed by atoms with Crippen LogP contribution in [0, 0.1) is 0 Å². The summed E-state index contributed by atoms with van der Waals surface area (Å²) in [6.45, 7) is 0. The summed E-state index contributed by atoms with van der Waals surface area (Å²) in [4.78, 5) is 45.6. The Bertz CT molecular complexity index is 1460. The van der Waals surface area contributed by atoms with Crippen molar-refractivity contribution in [3.8, 4) is 0 Å². The maximum absolute atomic E-state index is 11.2. The van der Waals surface area contributed by atoms with Crippen LogP contribution in [0.1, 0.15) is 31.1 Å². The number of nitrogens with zero attached hydrogens (tertiary/aromatic N) is 9. The largest absolute Gasteiger partial charge is 0.478 e. The molecule has 15 heteroatoms. The van der Waals surface area contributed by atoms with Crippen LogP contribution >= 0.6 is 0 Å². The van der Waals surface area contributed by atoms with Gasteiger partial charge in [0.15, 0.2) is 0 Å². The van der Waals surface area contributed by atoms with Gasteiger partial charge < -0.3 is 15.3 Å². The van der Waals surface area contributed by atoms with E-state index < -0.39 is 17.9 Å². The van der Waals surface area contributed by atoms with Crippen LogP contribution in [0.2, 0.25) is 0 Å². The van der Waals surface area contributed by atoms with E-state index in [0.29, 0.717) is 0 Å². The molecule has 0 fully saturated rings. The van der Waals surface area contributed by atoms with Crippen molar-refractivity contribution >= 4 is 52.8 Å². The van der Waals surface area contributed by atoms with Gasteiger partial charge in [0.2, 0.25) is 0 Å². The van der Waals surface area contributed by atoms with Gasteiger partial charge in [-0.1, -0.05) is 18.2 Å². The molecule has 0 amide bonds. The number of hydrogen-bond acceptors (Lipinski definition) is 12. The highest BCUT2D eigenvalue weighted by Gasteiger charge is 2.09. The van der Waals surface area contributed by atoms with E-state index in [4.69, 9.17) is 15.3 Å². The van der Waals surface area contributed by atoms with Gasteiger partial charge in [-0.3, -0.25) is 0 Å². The van der Waals surface area contributed by atoms with Crippen molar-refractivity contribution in [3.63, 3.8) is 0 Å². The first-order valence-electron chi connectivity index (χ1n) is 10.8. The lowest BCUT2D eigenvalue weighted by Gasteiger charge is -1.99. The molecule has 192 valence electrons. The molecule has 15 nitrogen and oxygen atoms in total. The molecule has 0 aliphatic rings. The van der Waals surface area contributed by atoms with Gasteiger partial charge in [0.25, 0.3) is 17.8 Å². The molecule has 0 unspecified atom stereocenters. The van der Waals surface area contributed by atoms with Crippen LogP contribution in [0.5, 0.6) is 0 Å². The molecule has 0 spiro atoms. The number of rotatable bonds is 9. The highest BCUT2D eigenvalue weighted by molar-refractivity contribution is 5.89. The number of azo groups is 3. The number of hydrogen-bond donors (Lipinski definition) is 3. The Morgan fingerprint density at radius 3 is 1.00 bits per heavy atom. The molecular weight excluding hydrogens is 510 g/mol. The third-order valence-corrected chi connectivity index (χ3v) is 4.64. The zero-order valence-electron chi connectivity index (χ0n) is 19.5. The van der Waals surface area contributed by atoms with Crippen molar-refractivity contribution in [2.45, 2.75) is 0 Å². The Labute approximate surface area is 218 Å². The fraction of sp³-hybridized carbons (Fsp3) is 0. The maximum Gasteiger partial charge on any atom is 0.335 e. The second-order valence-corrected chi connectivity index (χ2v) is 7.40. The van der Waals surface area contributed by atoms with Crippen molar-refractivity contribution in [1.29, 1.82) is 0 Å². The number of aromatic carboxylic acids is 3. The highest BCUT2D eigenvalue weighted by atomic mass is 16.4. The lowest BCUT2D eigenvalue weighted by Crippen LogP contribution is -1.94. The van der Waals surface area contributed by atoms with Gasteiger partial charge in [-0.2, -0.15) is 15.0 Å². The summed E-state index contributed by atoms with van der Waals surface area (Å²) in [5.41, 5.74) is 0.614. The molecule has 0 saturated carbocycles. The predicted molar refractivity (Wildman–Crippen MR) is 133 cm³/mol. The monoisotopic (exact) mass is 525 g/mol. The summed E-state index contributed by atoms with van der Waals surface area (Å²) in [7, 11) is 0. The molecule has 0 atom stereocenters. The lowest BCUT2D eigenvalue weighted by molar-refractivity contribution is 0.0686. The number of carboxylic acids is 3. The fourth-order valence-electron chi connectivity index (χ4n) is 2.89. The topological polar surface area (TPSA) is 225 Å². The van der Waals surface area contributed by atoms with Gasteiger partial charge >= 0.3 is 17.9 Å². The highest BCUT2D eigenvalue weighted by Crippen LogP contribution is 2.24. The van der Waals surface area contributed by atoms with Gasteiger partial charge in [0, 0.05) is 0 Å². The van der Waals surface area contributed by atoms with Crippen LogP contribution in [-0.2, 0) is 0 Å². The van der Waals surface area contributed by atoms with Crippen LogP contribution in [0.25, 0.3) is 0 Å². The summed E-state index contributed by atoms with van der Waals surface area (Å²) >= 11 is 0. The summed E-state index contributed by atoms with van der Waals surface area (Å²) in [6, 6.07) is 17.1. The zero-order valence-corrected chi connectivity index (χ0v) is 19.5. The Hall–Kier alpha value is -6.12. The average molecular weight is 525 g/mol. The molecule has 3 aromatic carbocycles. The van der Waals surface area contributed by atoms with Gasteiger partial charge in [-0.05, 0) is 54.6 Å². The van der Waals surface area contributed by atoms with E-state index >= 15 is 0 Å². The normalized spacial score (nSPS) is 11.4. The van der Waals surface area contributed by atoms with Crippen LogP contribution in [0.4, 0.5) is 34.9 Å². The molecule has 3 N–H and O–H groups in total. The lowest BCUT2D eigenvalue weighted by atomic mass is 10.2. The molecule has 0 radical (unpaired) electrons. The fourth-order valence-corrected chi connectivity index (χ4v) is 2.89. The van der Waals surface area contributed by atoms with E-state index in [-0.39, 0.29) is 51.6 Å². The van der Waals surface area contributed by atoms with Crippen LogP contribution in [-0.4, -0.2) is 48.2 Å². The first kappa shape index (κ1) is 26.0. The third kappa shape index (κ3) is 7.20. The molecule has 39 heavy (non-hydrogen) atoms. The summed E-state index contributed by atoms with van der Waals surface area (Å²) in [5, 5.41) is 50.9. The molecule has 0 bridgehead atoms. The summed E-state index contributed by atoms with van der Waals surface area (Å²) in [6.07, 6.45) is 0. The zero-order chi connectivity index (χ0) is 27.8. The van der Waals surface area contributed by atoms with E-state index in [2.05, 4.69) is 45.6 Å². The second kappa shape index (κ2) is 11.7. The smallest absolute Gasteiger partial charge is 0.335 e. The molecule has 4 aromatic rings. The van der Waals surface area contributed by atoms with E-state index in [9.17, 15) is 14.4 Å². The second-order valence-electron chi connectivity index (χ2n) is 7.40. The summed E-state index contributed by atoms with van der Waals surface area (Å²) in [5.74, 6) is -4.24. The van der Waals surface area contributed by atoms with Crippen molar-refractivity contribution < 1.29 is 29.7 Å². The minimum Gasteiger partial charge on any atom is -0.478 e. The van der Waals surface area contributed by atoms with Crippen molar-refractivity contribution in [3.05, 3.63) is 89.5 Å². The maximum atomic E-state index is 11.2. The van der Waals surface area contributed by atoms with E-state index in [0.717, 1.165) is 0 Å². The molecule has 1 heterocycles. The Morgan fingerprint density at radius 1 is 0.462 bits per heavy atom. The van der Waals surface area contributed by atoms with Gasteiger partial charge in [-0.15, -0.1) is 30.7 Å². The third-order valence-electron chi connectivity index (χ3n) is 4.64. The predicted octanol–water partition coefficient (Wildman–Crippen LogP) is 6.21. The van der Waals surface area contributed by atoms with Crippen LogP contribution < -0.4 is 0 Å². The Balaban J connectivity index is 1.69. The van der Waals surface area contributed by atoms with E-state index in [1.807, 2.05) is 0 Å². The van der Waals surface area contributed by atoms with Gasteiger partial charge in [0.05, 0.1) is 33.8 Å². The molecule has 0 aliphatic carbocycles. The minimum atomic E-state index is -1.14. The number of benzene rings is 3. The molecule has 1 aromatic heterocycles.